The molecule has 0 aliphatic carbocycles. The number of nitrogens with zero attached hydrogens (tertiary/aromatic N) is 1. The van der Waals surface area contributed by atoms with Crippen molar-refractivity contribution in [2.75, 3.05) is 13.1 Å². The number of rotatable bonds is 6. The minimum absolute atomic E-state index is 0.183. The molecular weight excluding hydrogens is 294 g/mol. The van der Waals surface area contributed by atoms with E-state index in [2.05, 4.69) is 10.6 Å². The lowest BCUT2D eigenvalue weighted by atomic mass is 10.1. The zero-order valence-electron chi connectivity index (χ0n) is 13.6. The Kier molecular flexibility index (Phi) is 5.73. The van der Waals surface area contributed by atoms with Gasteiger partial charge in [-0.25, -0.2) is 0 Å². The molecule has 3 amide bonds. The highest BCUT2D eigenvalue weighted by atomic mass is 16.2. The SMILES string of the molecule is CCNC(=O)[C@H](C)NC(=O)c1ccc(CN2CCCC2=O)cc1. The van der Waals surface area contributed by atoms with Crippen molar-refractivity contribution in [1.29, 1.82) is 0 Å². The highest BCUT2D eigenvalue weighted by Gasteiger charge is 2.20. The first kappa shape index (κ1) is 17.0. The van der Waals surface area contributed by atoms with E-state index >= 15 is 0 Å². The van der Waals surface area contributed by atoms with Gasteiger partial charge in [-0.2, -0.15) is 0 Å². The van der Waals surface area contributed by atoms with Crippen molar-refractivity contribution >= 4 is 17.7 Å². The van der Waals surface area contributed by atoms with Crippen LogP contribution in [0.4, 0.5) is 0 Å². The largest absolute Gasteiger partial charge is 0.355 e. The van der Waals surface area contributed by atoms with Crippen LogP contribution in [0.2, 0.25) is 0 Å². The summed E-state index contributed by atoms with van der Waals surface area (Å²) in [6, 6.07) is 6.55. The molecule has 0 radical (unpaired) electrons. The third-order valence-electron chi connectivity index (χ3n) is 3.85. The van der Waals surface area contributed by atoms with Crippen molar-refractivity contribution in [3.05, 3.63) is 35.4 Å². The third kappa shape index (κ3) is 4.55. The first-order valence-corrected chi connectivity index (χ1v) is 7.96. The van der Waals surface area contributed by atoms with Crippen molar-refractivity contribution in [3.63, 3.8) is 0 Å². The van der Waals surface area contributed by atoms with Gasteiger partial charge in [-0.3, -0.25) is 14.4 Å². The molecule has 1 saturated heterocycles. The fourth-order valence-corrected chi connectivity index (χ4v) is 2.53. The van der Waals surface area contributed by atoms with Crippen LogP contribution in [0.5, 0.6) is 0 Å². The standard InChI is InChI=1S/C17H23N3O3/c1-3-18-16(22)12(2)19-17(23)14-8-6-13(7-9-14)11-20-10-4-5-15(20)21/h6-9,12H,3-5,10-11H2,1-2H3,(H,18,22)(H,19,23)/t12-/m0/s1. The Morgan fingerprint density at radius 1 is 1.26 bits per heavy atom. The van der Waals surface area contributed by atoms with Crippen LogP contribution in [0.25, 0.3) is 0 Å². The molecule has 1 heterocycles. The summed E-state index contributed by atoms with van der Waals surface area (Å²) < 4.78 is 0. The van der Waals surface area contributed by atoms with Gasteiger partial charge in [0.05, 0.1) is 0 Å². The molecule has 1 atom stereocenters. The lowest BCUT2D eigenvalue weighted by Crippen LogP contribution is -2.44. The topological polar surface area (TPSA) is 78.5 Å². The Bertz CT molecular complexity index is 583. The summed E-state index contributed by atoms with van der Waals surface area (Å²) in [5.74, 6) is -0.305. The summed E-state index contributed by atoms with van der Waals surface area (Å²) in [5, 5.41) is 5.33. The van der Waals surface area contributed by atoms with Crippen molar-refractivity contribution in [3.8, 4) is 0 Å². The van der Waals surface area contributed by atoms with Gasteiger partial charge in [-0.15, -0.1) is 0 Å². The van der Waals surface area contributed by atoms with E-state index in [1.807, 2.05) is 24.0 Å². The molecule has 2 N–H and O–H groups in total. The monoisotopic (exact) mass is 317 g/mol. The quantitative estimate of drug-likeness (QED) is 0.823. The lowest BCUT2D eigenvalue weighted by molar-refractivity contribution is -0.128. The molecule has 1 aromatic rings. The molecule has 1 fully saturated rings. The minimum atomic E-state index is -0.579. The van der Waals surface area contributed by atoms with E-state index in [1.54, 1.807) is 19.1 Å². The van der Waals surface area contributed by atoms with Gasteiger partial charge in [0.1, 0.15) is 6.04 Å². The van der Waals surface area contributed by atoms with Gasteiger partial charge in [0.15, 0.2) is 0 Å². The smallest absolute Gasteiger partial charge is 0.251 e. The summed E-state index contributed by atoms with van der Waals surface area (Å²) in [6.45, 7) is 5.39. The van der Waals surface area contributed by atoms with Crippen LogP contribution in [-0.2, 0) is 16.1 Å². The van der Waals surface area contributed by atoms with E-state index in [9.17, 15) is 14.4 Å². The second-order valence-corrected chi connectivity index (χ2v) is 5.71. The number of likely N-dealkylation sites (N-methyl/N-ethyl adjacent to an activating group) is 1. The Hall–Kier alpha value is -2.37. The Morgan fingerprint density at radius 2 is 1.96 bits per heavy atom. The molecule has 2 rings (SSSR count). The molecule has 23 heavy (non-hydrogen) atoms. The van der Waals surface area contributed by atoms with E-state index in [-0.39, 0.29) is 17.7 Å². The summed E-state index contributed by atoms with van der Waals surface area (Å²) in [4.78, 5) is 37.2. The summed E-state index contributed by atoms with van der Waals surface area (Å²) in [7, 11) is 0. The second-order valence-electron chi connectivity index (χ2n) is 5.71. The third-order valence-corrected chi connectivity index (χ3v) is 3.85. The molecule has 6 nitrogen and oxygen atoms in total. The van der Waals surface area contributed by atoms with E-state index in [1.165, 1.54) is 0 Å². The normalized spacial score (nSPS) is 15.4. The summed E-state index contributed by atoms with van der Waals surface area (Å²) in [6.07, 6.45) is 1.54. The summed E-state index contributed by atoms with van der Waals surface area (Å²) >= 11 is 0. The molecule has 1 aliphatic rings. The average Bonchev–Trinajstić information content (AvgIpc) is 2.93. The first-order chi connectivity index (χ1) is 11.0. The van der Waals surface area contributed by atoms with E-state index in [0.717, 1.165) is 18.5 Å². The van der Waals surface area contributed by atoms with Crippen molar-refractivity contribution in [1.82, 2.24) is 15.5 Å². The minimum Gasteiger partial charge on any atom is -0.355 e. The Labute approximate surface area is 136 Å². The van der Waals surface area contributed by atoms with Crippen LogP contribution in [0.3, 0.4) is 0 Å². The van der Waals surface area contributed by atoms with Gasteiger partial charge in [0, 0.05) is 31.6 Å². The fourth-order valence-electron chi connectivity index (χ4n) is 2.53. The molecule has 0 saturated carbocycles. The number of nitrogens with one attached hydrogen (secondary N) is 2. The van der Waals surface area contributed by atoms with E-state index in [0.29, 0.717) is 25.1 Å². The highest BCUT2D eigenvalue weighted by Crippen LogP contribution is 2.14. The number of likely N-dealkylation sites (tertiary alicyclic amines) is 1. The molecule has 6 heteroatoms. The van der Waals surface area contributed by atoms with E-state index in [4.69, 9.17) is 0 Å². The number of hydrogen-bond acceptors (Lipinski definition) is 3. The number of carbonyl (C=O) groups is 3. The van der Waals surface area contributed by atoms with Crippen molar-refractivity contribution in [2.45, 2.75) is 39.3 Å². The molecule has 1 aromatic carbocycles. The lowest BCUT2D eigenvalue weighted by Gasteiger charge is -2.16. The van der Waals surface area contributed by atoms with Gasteiger partial charge in [0.2, 0.25) is 11.8 Å². The van der Waals surface area contributed by atoms with Crippen molar-refractivity contribution in [2.24, 2.45) is 0 Å². The Morgan fingerprint density at radius 3 is 2.52 bits per heavy atom. The van der Waals surface area contributed by atoms with Gasteiger partial charge in [-0.1, -0.05) is 12.1 Å². The zero-order valence-corrected chi connectivity index (χ0v) is 13.6. The molecule has 1 aliphatic heterocycles. The van der Waals surface area contributed by atoms with Crippen LogP contribution in [0.1, 0.15) is 42.6 Å². The number of hydrogen-bond donors (Lipinski definition) is 2. The first-order valence-electron chi connectivity index (χ1n) is 7.96. The molecule has 0 spiro atoms. The predicted molar refractivity (Wildman–Crippen MR) is 86.7 cm³/mol. The number of benzene rings is 1. The van der Waals surface area contributed by atoms with Crippen molar-refractivity contribution < 1.29 is 14.4 Å². The molecule has 0 bridgehead atoms. The molecule has 0 aromatic heterocycles. The Balaban J connectivity index is 1.92. The highest BCUT2D eigenvalue weighted by molar-refractivity contribution is 5.97. The number of amides is 3. The predicted octanol–water partition coefficient (Wildman–Crippen LogP) is 1.06. The van der Waals surface area contributed by atoms with Crippen LogP contribution >= 0.6 is 0 Å². The van der Waals surface area contributed by atoms with Crippen LogP contribution in [0.15, 0.2) is 24.3 Å². The molecule has 0 unspecified atom stereocenters. The summed E-state index contributed by atoms with van der Waals surface area (Å²) in [5.41, 5.74) is 1.49. The van der Waals surface area contributed by atoms with Gasteiger partial charge in [0.25, 0.3) is 5.91 Å². The molecular formula is C17H23N3O3. The molecule has 124 valence electrons. The average molecular weight is 317 g/mol. The van der Waals surface area contributed by atoms with Crippen LogP contribution < -0.4 is 10.6 Å². The fraction of sp³-hybridized carbons (Fsp3) is 0.471. The second kappa shape index (κ2) is 7.76. The maximum atomic E-state index is 12.1. The maximum Gasteiger partial charge on any atom is 0.251 e. The van der Waals surface area contributed by atoms with Gasteiger partial charge >= 0.3 is 0 Å². The van der Waals surface area contributed by atoms with Crippen LogP contribution in [-0.4, -0.2) is 41.8 Å². The number of carbonyl (C=O) groups excluding carboxylic acids is 3. The van der Waals surface area contributed by atoms with Gasteiger partial charge in [-0.05, 0) is 38.0 Å². The maximum absolute atomic E-state index is 12.1. The van der Waals surface area contributed by atoms with E-state index < -0.39 is 6.04 Å². The van der Waals surface area contributed by atoms with Crippen LogP contribution in [0, 0.1) is 0 Å². The zero-order chi connectivity index (χ0) is 16.8. The van der Waals surface area contributed by atoms with Gasteiger partial charge < -0.3 is 15.5 Å².